The third-order valence-electron chi connectivity index (χ3n) is 5.89. The molecule has 0 atom stereocenters. The molecule has 32 heavy (non-hydrogen) atoms. The molecule has 1 N–H and O–H groups in total. The second kappa shape index (κ2) is 9.96. The molecule has 3 aromatic rings. The van der Waals surface area contributed by atoms with E-state index in [0.717, 1.165) is 44.1 Å². The van der Waals surface area contributed by atoms with E-state index in [-0.39, 0.29) is 5.41 Å². The van der Waals surface area contributed by atoms with Crippen LogP contribution in [0.15, 0.2) is 54.7 Å². The molecule has 1 aliphatic rings. The van der Waals surface area contributed by atoms with E-state index < -0.39 is 0 Å². The molecular weight excluding hydrogens is 402 g/mol. The smallest absolute Gasteiger partial charge is 0.227 e. The molecule has 0 spiro atoms. The fourth-order valence-electron chi connectivity index (χ4n) is 3.92. The molecular formula is C25H31N5O2. The van der Waals surface area contributed by atoms with Gasteiger partial charge in [0.15, 0.2) is 0 Å². The summed E-state index contributed by atoms with van der Waals surface area (Å²) in [4.78, 5) is 15.5. The van der Waals surface area contributed by atoms with Gasteiger partial charge in [-0.1, -0.05) is 35.9 Å². The summed E-state index contributed by atoms with van der Waals surface area (Å²) >= 11 is 0. The van der Waals surface area contributed by atoms with Crippen molar-refractivity contribution < 1.29 is 9.47 Å². The van der Waals surface area contributed by atoms with E-state index >= 15 is 0 Å². The Bertz CT molecular complexity index is 1000. The third-order valence-corrected chi connectivity index (χ3v) is 5.89. The summed E-state index contributed by atoms with van der Waals surface area (Å²) in [5, 5.41) is 3.60. The zero-order valence-electron chi connectivity index (χ0n) is 19.0. The molecule has 1 aromatic carbocycles. The Morgan fingerprint density at radius 2 is 1.84 bits per heavy atom. The lowest BCUT2D eigenvalue weighted by Gasteiger charge is -2.38. The minimum Gasteiger partial charge on any atom is -0.471 e. The average molecular weight is 434 g/mol. The Morgan fingerprint density at radius 3 is 2.53 bits per heavy atom. The maximum atomic E-state index is 5.81. The number of pyridine rings is 1. The second-order valence-electron chi connectivity index (χ2n) is 8.51. The Balaban J connectivity index is 1.53. The number of aryl methyl sites for hydroxylation is 1. The van der Waals surface area contributed by atoms with Crippen LogP contribution in [0.25, 0.3) is 0 Å². The molecule has 0 saturated carbocycles. The number of ether oxygens (including phenoxy) is 2. The van der Waals surface area contributed by atoms with E-state index in [0.29, 0.717) is 18.4 Å². The van der Waals surface area contributed by atoms with Crippen LogP contribution in [0, 0.1) is 6.92 Å². The highest BCUT2D eigenvalue weighted by molar-refractivity contribution is 5.44. The van der Waals surface area contributed by atoms with Gasteiger partial charge in [-0.15, -0.1) is 0 Å². The lowest BCUT2D eigenvalue weighted by atomic mass is 9.74. The SMILES string of the molecule is Cc1ccc(C2(CNc3cc(COc4ccccn4)nc(N(C)C)n3)CCOCC2)cc1. The summed E-state index contributed by atoms with van der Waals surface area (Å²) < 4.78 is 11.5. The van der Waals surface area contributed by atoms with Gasteiger partial charge in [0.05, 0.1) is 5.69 Å². The van der Waals surface area contributed by atoms with E-state index in [1.165, 1.54) is 11.1 Å². The topological polar surface area (TPSA) is 72.4 Å². The van der Waals surface area contributed by atoms with Crippen molar-refractivity contribution in [2.24, 2.45) is 0 Å². The van der Waals surface area contributed by atoms with Crippen LogP contribution in [0.2, 0.25) is 0 Å². The Kier molecular flexibility index (Phi) is 6.85. The Morgan fingerprint density at radius 1 is 1.06 bits per heavy atom. The average Bonchev–Trinajstić information content (AvgIpc) is 2.83. The molecule has 2 aromatic heterocycles. The molecule has 0 unspecified atom stereocenters. The van der Waals surface area contributed by atoms with E-state index in [4.69, 9.17) is 14.5 Å². The molecule has 1 aliphatic heterocycles. The fourth-order valence-corrected chi connectivity index (χ4v) is 3.92. The van der Waals surface area contributed by atoms with Crippen molar-refractivity contribution in [2.45, 2.75) is 31.8 Å². The zero-order valence-corrected chi connectivity index (χ0v) is 19.0. The van der Waals surface area contributed by atoms with Crippen LogP contribution in [0.5, 0.6) is 5.88 Å². The number of benzene rings is 1. The van der Waals surface area contributed by atoms with Crippen LogP contribution in [-0.2, 0) is 16.8 Å². The maximum Gasteiger partial charge on any atom is 0.227 e. The number of anilines is 2. The lowest BCUT2D eigenvalue weighted by molar-refractivity contribution is 0.0543. The first-order valence-electron chi connectivity index (χ1n) is 11.0. The molecule has 1 fully saturated rings. The Labute approximate surface area is 189 Å². The number of nitrogens with one attached hydrogen (secondary N) is 1. The first-order valence-corrected chi connectivity index (χ1v) is 11.0. The van der Waals surface area contributed by atoms with Crippen LogP contribution in [0.3, 0.4) is 0 Å². The van der Waals surface area contributed by atoms with Crippen molar-refractivity contribution in [3.05, 3.63) is 71.5 Å². The highest BCUT2D eigenvalue weighted by Gasteiger charge is 2.34. The van der Waals surface area contributed by atoms with Gasteiger partial charge in [0.2, 0.25) is 11.8 Å². The van der Waals surface area contributed by atoms with Gasteiger partial charge in [0.1, 0.15) is 12.4 Å². The van der Waals surface area contributed by atoms with Crippen LogP contribution >= 0.6 is 0 Å². The van der Waals surface area contributed by atoms with Crippen molar-refractivity contribution >= 4 is 11.8 Å². The minimum absolute atomic E-state index is 0.0137. The third kappa shape index (κ3) is 5.34. The van der Waals surface area contributed by atoms with Gasteiger partial charge in [-0.25, -0.2) is 9.97 Å². The van der Waals surface area contributed by atoms with Crippen LogP contribution in [-0.4, -0.2) is 48.8 Å². The minimum atomic E-state index is 0.0137. The van der Waals surface area contributed by atoms with E-state index in [2.05, 4.69) is 46.5 Å². The van der Waals surface area contributed by atoms with E-state index in [1.807, 2.05) is 43.3 Å². The number of rotatable bonds is 8. The quantitative estimate of drug-likeness (QED) is 0.576. The number of hydrogen-bond acceptors (Lipinski definition) is 7. The van der Waals surface area contributed by atoms with Crippen molar-refractivity contribution in [3.8, 4) is 5.88 Å². The number of aromatic nitrogens is 3. The maximum absolute atomic E-state index is 5.81. The van der Waals surface area contributed by atoms with Crippen LogP contribution in [0.1, 0.15) is 29.7 Å². The summed E-state index contributed by atoms with van der Waals surface area (Å²) in [5.74, 6) is 2.01. The van der Waals surface area contributed by atoms with E-state index in [9.17, 15) is 0 Å². The van der Waals surface area contributed by atoms with Gasteiger partial charge in [0.25, 0.3) is 0 Å². The van der Waals surface area contributed by atoms with Crippen molar-refractivity contribution in [1.82, 2.24) is 15.0 Å². The molecule has 0 amide bonds. The highest BCUT2D eigenvalue weighted by Crippen LogP contribution is 2.35. The summed E-state index contributed by atoms with van der Waals surface area (Å²) in [5.41, 5.74) is 3.43. The molecule has 4 rings (SSSR count). The summed E-state index contributed by atoms with van der Waals surface area (Å²) in [6, 6.07) is 16.4. The monoisotopic (exact) mass is 433 g/mol. The summed E-state index contributed by atoms with van der Waals surface area (Å²) in [6.45, 7) is 4.77. The fraction of sp³-hybridized carbons (Fsp3) is 0.400. The molecule has 7 heteroatoms. The van der Waals surface area contributed by atoms with E-state index in [1.54, 1.807) is 6.20 Å². The highest BCUT2D eigenvalue weighted by atomic mass is 16.5. The van der Waals surface area contributed by atoms with Gasteiger partial charge >= 0.3 is 0 Å². The normalized spacial score (nSPS) is 15.2. The summed E-state index contributed by atoms with van der Waals surface area (Å²) in [7, 11) is 3.88. The number of hydrogen-bond donors (Lipinski definition) is 1. The predicted molar refractivity (Wildman–Crippen MR) is 126 cm³/mol. The Hall–Kier alpha value is -3.19. The van der Waals surface area contributed by atoms with Gasteiger partial charge in [-0.2, -0.15) is 4.98 Å². The molecule has 0 aliphatic carbocycles. The van der Waals surface area contributed by atoms with Gasteiger partial charge in [-0.3, -0.25) is 0 Å². The molecule has 1 saturated heterocycles. The lowest BCUT2D eigenvalue weighted by Crippen LogP contribution is -2.40. The second-order valence-corrected chi connectivity index (χ2v) is 8.51. The van der Waals surface area contributed by atoms with Crippen molar-refractivity contribution in [1.29, 1.82) is 0 Å². The first-order chi connectivity index (χ1) is 15.5. The largest absolute Gasteiger partial charge is 0.471 e. The first kappa shape index (κ1) is 22.0. The molecule has 3 heterocycles. The zero-order chi connectivity index (χ0) is 22.4. The molecule has 7 nitrogen and oxygen atoms in total. The van der Waals surface area contributed by atoms with Gasteiger partial charge in [0, 0.05) is 57.6 Å². The standard InChI is InChI=1S/C25H31N5O2/c1-19-7-9-20(10-8-19)25(11-14-31-15-12-25)18-27-22-16-21(28-24(29-22)30(2)3)17-32-23-6-4-5-13-26-23/h4-10,13,16H,11-12,14-15,17-18H2,1-3H3,(H,27,28,29). The van der Waals surface area contributed by atoms with Crippen LogP contribution < -0.4 is 15.0 Å². The van der Waals surface area contributed by atoms with Crippen LogP contribution in [0.4, 0.5) is 11.8 Å². The van der Waals surface area contributed by atoms with Crippen molar-refractivity contribution in [2.75, 3.05) is 44.1 Å². The molecule has 0 bridgehead atoms. The molecule has 168 valence electrons. The van der Waals surface area contributed by atoms with Gasteiger partial charge < -0.3 is 19.7 Å². The number of nitrogens with zero attached hydrogens (tertiary/aromatic N) is 4. The molecule has 0 radical (unpaired) electrons. The van der Waals surface area contributed by atoms with Gasteiger partial charge in [-0.05, 0) is 31.4 Å². The summed E-state index contributed by atoms with van der Waals surface area (Å²) in [6.07, 6.45) is 3.67. The van der Waals surface area contributed by atoms with Crippen molar-refractivity contribution in [3.63, 3.8) is 0 Å². The predicted octanol–water partition coefficient (Wildman–Crippen LogP) is 3.99.